The number of carbonyl (C=O) groups excluding carboxylic acids is 1. The summed E-state index contributed by atoms with van der Waals surface area (Å²) in [5, 5.41) is 2.92. The van der Waals surface area contributed by atoms with Gasteiger partial charge in [-0.1, -0.05) is 32.9 Å². The summed E-state index contributed by atoms with van der Waals surface area (Å²) in [4.78, 5) is 12.2. The van der Waals surface area contributed by atoms with E-state index in [-0.39, 0.29) is 17.2 Å². The molecule has 0 bridgehead atoms. The topological polar surface area (TPSA) is 55.1 Å². The predicted octanol–water partition coefficient (Wildman–Crippen LogP) is 3.40. The van der Waals surface area contributed by atoms with E-state index in [4.69, 9.17) is 5.73 Å². The number of hydrogen-bond acceptors (Lipinski definition) is 2. The molecule has 4 heteroatoms. The molecule has 1 amide bonds. The van der Waals surface area contributed by atoms with Crippen LogP contribution in [0.2, 0.25) is 0 Å². The molecule has 1 aromatic carbocycles. The Morgan fingerprint density at radius 2 is 2.00 bits per heavy atom. The van der Waals surface area contributed by atoms with Crippen molar-refractivity contribution in [1.29, 1.82) is 0 Å². The highest BCUT2D eigenvalue weighted by atomic mass is 79.9. The van der Waals surface area contributed by atoms with E-state index in [1.807, 2.05) is 24.3 Å². The molecule has 0 aliphatic heterocycles. The van der Waals surface area contributed by atoms with E-state index >= 15 is 0 Å². The molecule has 0 aromatic heterocycles. The lowest BCUT2D eigenvalue weighted by molar-refractivity contribution is -0.120. The van der Waals surface area contributed by atoms with Gasteiger partial charge in [0.25, 0.3) is 0 Å². The molecule has 3 nitrogen and oxygen atoms in total. The first kappa shape index (κ1) is 15.2. The number of benzene rings is 1. The van der Waals surface area contributed by atoms with Gasteiger partial charge in [0.1, 0.15) is 0 Å². The van der Waals surface area contributed by atoms with Crippen molar-refractivity contribution in [3.8, 4) is 0 Å². The highest BCUT2D eigenvalue weighted by molar-refractivity contribution is 9.10. The van der Waals surface area contributed by atoms with Crippen LogP contribution in [0.1, 0.15) is 27.2 Å². The predicted molar refractivity (Wildman–Crippen MR) is 79.4 cm³/mol. The Balaban J connectivity index is 2.72. The van der Waals surface area contributed by atoms with Crippen LogP contribution in [-0.2, 0) is 4.79 Å². The number of nitrogens with one attached hydrogen (secondary N) is 1. The number of rotatable bonds is 4. The van der Waals surface area contributed by atoms with Crippen molar-refractivity contribution in [2.24, 2.45) is 17.1 Å². The van der Waals surface area contributed by atoms with Crippen LogP contribution in [0.4, 0.5) is 5.69 Å². The van der Waals surface area contributed by atoms with Gasteiger partial charge in [-0.05, 0) is 39.9 Å². The summed E-state index contributed by atoms with van der Waals surface area (Å²) in [7, 11) is 0. The zero-order chi connectivity index (χ0) is 13.8. The van der Waals surface area contributed by atoms with E-state index in [2.05, 4.69) is 42.0 Å². The molecule has 1 rings (SSSR count). The Hall–Kier alpha value is -0.870. The van der Waals surface area contributed by atoms with Crippen LogP contribution in [0, 0.1) is 11.3 Å². The molecular formula is C14H21BrN2O. The van der Waals surface area contributed by atoms with Crippen molar-refractivity contribution in [3.05, 3.63) is 28.7 Å². The minimum absolute atomic E-state index is 0.0145. The fraction of sp³-hybridized carbons (Fsp3) is 0.500. The summed E-state index contributed by atoms with van der Waals surface area (Å²) in [5.41, 5.74) is 6.58. The second kappa shape index (κ2) is 6.34. The lowest BCUT2D eigenvalue weighted by atomic mass is 9.84. The highest BCUT2D eigenvalue weighted by Gasteiger charge is 2.24. The third kappa shape index (κ3) is 4.78. The van der Waals surface area contributed by atoms with E-state index in [0.29, 0.717) is 6.54 Å². The molecule has 0 aliphatic carbocycles. The monoisotopic (exact) mass is 312 g/mol. The summed E-state index contributed by atoms with van der Waals surface area (Å²) in [6, 6.07) is 7.57. The van der Waals surface area contributed by atoms with Crippen molar-refractivity contribution < 1.29 is 4.79 Å². The molecular weight excluding hydrogens is 292 g/mol. The molecule has 3 N–H and O–H groups in total. The van der Waals surface area contributed by atoms with Crippen LogP contribution < -0.4 is 11.1 Å². The zero-order valence-corrected chi connectivity index (χ0v) is 12.8. The molecule has 0 radical (unpaired) electrons. The van der Waals surface area contributed by atoms with Gasteiger partial charge in [-0.2, -0.15) is 0 Å². The van der Waals surface area contributed by atoms with E-state index < -0.39 is 0 Å². The van der Waals surface area contributed by atoms with Crippen molar-refractivity contribution in [1.82, 2.24) is 0 Å². The number of halogens is 1. The second-order valence-electron chi connectivity index (χ2n) is 5.67. The normalized spacial score (nSPS) is 13.2. The van der Waals surface area contributed by atoms with E-state index in [1.54, 1.807) is 0 Å². The van der Waals surface area contributed by atoms with Gasteiger partial charge in [0.05, 0.1) is 11.6 Å². The third-order valence-electron chi connectivity index (χ3n) is 2.65. The quantitative estimate of drug-likeness (QED) is 0.895. The number of amides is 1. The van der Waals surface area contributed by atoms with Gasteiger partial charge in [-0.25, -0.2) is 0 Å². The summed E-state index contributed by atoms with van der Waals surface area (Å²) in [6.07, 6.45) is 0.778. The number of para-hydroxylation sites is 1. The van der Waals surface area contributed by atoms with Crippen LogP contribution in [0.15, 0.2) is 28.7 Å². The SMILES string of the molecule is CC(C)(C)CC(CN)C(=O)Nc1ccccc1Br. The highest BCUT2D eigenvalue weighted by Crippen LogP contribution is 2.26. The van der Waals surface area contributed by atoms with Gasteiger partial charge < -0.3 is 11.1 Å². The van der Waals surface area contributed by atoms with E-state index in [1.165, 1.54) is 0 Å². The fourth-order valence-electron chi connectivity index (χ4n) is 1.82. The van der Waals surface area contributed by atoms with Crippen molar-refractivity contribution in [2.45, 2.75) is 27.2 Å². The molecule has 0 saturated heterocycles. The lowest BCUT2D eigenvalue weighted by Gasteiger charge is -2.24. The van der Waals surface area contributed by atoms with Gasteiger partial charge in [0.2, 0.25) is 5.91 Å². The fourth-order valence-corrected chi connectivity index (χ4v) is 2.20. The Kier molecular flexibility index (Phi) is 5.35. The standard InChI is InChI=1S/C14H21BrN2O/c1-14(2,3)8-10(9-16)13(18)17-12-7-5-4-6-11(12)15/h4-7,10H,8-9,16H2,1-3H3,(H,17,18). The molecule has 1 unspecified atom stereocenters. The van der Waals surface area contributed by atoms with E-state index in [0.717, 1.165) is 16.6 Å². The Morgan fingerprint density at radius 3 is 2.50 bits per heavy atom. The molecule has 18 heavy (non-hydrogen) atoms. The first-order chi connectivity index (χ1) is 8.33. The van der Waals surface area contributed by atoms with Gasteiger partial charge in [-0.15, -0.1) is 0 Å². The molecule has 0 fully saturated rings. The summed E-state index contributed by atoms with van der Waals surface area (Å²) >= 11 is 3.41. The number of nitrogens with two attached hydrogens (primary N) is 1. The average molecular weight is 313 g/mol. The van der Waals surface area contributed by atoms with Crippen LogP contribution in [0.5, 0.6) is 0 Å². The molecule has 1 aromatic rings. The average Bonchev–Trinajstić information content (AvgIpc) is 2.27. The summed E-state index contributed by atoms with van der Waals surface area (Å²) < 4.78 is 0.880. The molecule has 0 heterocycles. The van der Waals surface area contributed by atoms with Gasteiger partial charge in [0, 0.05) is 11.0 Å². The Bertz CT molecular complexity index is 413. The van der Waals surface area contributed by atoms with Crippen LogP contribution in [-0.4, -0.2) is 12.5 Å². The summed E-state index contributed by atoms with van der Waals surface area (Å²) in [6.45, 7) is 6.71. The van der Waals surface area contributed by atoms with Gasteiger partial charge >= 0.3 is 0 Å². The van der Waals surface area contributed by atoms with Crippen LogP contribution in [0.25, 0.3) is 0 Å². The van der Waals surface area contributed by atoms with Crippen molar-refractivity contribution in [3.63, 3.8) is 0 Å². The largest absolute Gasteiger partial charge is 0.330 e. The van der Waals surface area contributed by atoms with Crippen LogP contribution in [0.3, 0.4) is 0 Å². The Morgan fingerprint density at radius 1 is 1.39 bits per heavy atom. The minimum Gasteiger partial charge on any atom is -0.330 e. The second-order valence-corrected chi connectivity index (χ2v) is 6.52. The molecule has 0 aliphatic rings. The van der Waals surface area contributed by atoms with Gasteiger partial charge in [0.15, 0.2) is 0 Å². The maximum Gasteiger partial charge on any atom is 0.228 e. The zero-order valence-electron chi connectivity index (χ0n) is 11.2. The maximum absolute atomic E-state index is 12.2. The molecule has 0 saturated carbocycles. The third-order valence-corrected chi connectivity index (χ3v) is 3.34. The molecule has 100 valence electrons. The lowest BCUT2D eigenvalue weighted by Crippen LogP contribution is -2.32. The summed E-state index contributed by atoms with van der Waals surface area (Å²) in [5.74, 6) is -0.170. The van der Waals surface area contributed by atoms with E-state index in [9.17, 15) is 4.79 Å². The van der Waals surface area contributed by atoms with Crippen molar-refractivity contribution in [2.75, 3.05) is 11.9 Å². The molecule has 0 spiro atoms. The molecule has 1 atom stereocenters. The van der Waals surface area contributed by atoms with Gasteiger partial charge in [-0.3, -0.25) is 4.79 Å². The number of hydrogen-bond donors (Lipinski definition) is 2. The number of carbonyl (C=O) groups is 1. The maximum atomic E-state index is 12.2. The Labute approximate surface area is 117 Å². The minimum atomic E-state index is -0.155. The first-order valence-corrected chi connectivity index (χ1v) is 6.88. The first-order valence-electron chi connectivity index (χ1n) is 6.09. The smallest absolute Gasteiger partial charge is 0.228 e. The van der Waals surface area contributed by atoms with Crippen molar-refractivity contribution >= 4 is 27.5 Å². The van der Waals surface area contributed by atoms with Crippen LogP contribution >= 0.6 is 15.9 Å². The number of anilines is 1.